The van der Waals surface area contributed by atoms with Crippen molar-refractivity contribution >= 4 is 0 Å². The molecule has 0 N–H and O–H groups in total. The molecule has 2 aliphatic heterocycles. The average Bonchev–Trinajstić information content (AvgIpc) is 3.70. The van der Waals surface area contributed by atoms with Gasteiger partial charge in [-0.1, -0.05) is 116 Å². The first-order valence-electron chi connectivity index (χ1n) is 15.3. The molecule has 0 amide bonds. The van der Waals surface area contributed by atoms with Crippen molar-refractivity contribution in [3.63, 3.8) is 0 Å². The van der Waals surface area contributed by atoms with Gasteiger partial charge < -0.3 is 14.2 Å². The van der Waals surface area contributed by atoms with Crippen LogP contribution < -0.4 is 0 Å². The van der Waals surface area contributed by atoms with Crippen molar-refractivity contribution in [3.8, 4) is 0 Å². The molecular formula is C30H54O3. The quantitative estimate of drug-likeness (QED) is 0.372. The molecule has 4 rings (SSSR count). The Morgan fingerprint density at radius 1 is 0.394 bits per heavy atom. The number of hydrogen-bond donors (Lipinski definition) is 0. The normalized spacial score (nSPS) is 32.4. The zero-order chi connectivity index (χ0) is 22.6. The second-order valence-electron chi connectivity index (χ2n) is 11.8. The molecule has 0 spiro atoms. The van der Waals surface area contributed by atoms with Gasteiger partial charge in [-0.3, -0.25) is 0 Å². The average molecular weight is 463 g/mol. The summed E-state index contributed by atoms with van der Waals surface area (Å²) >= 11 is 0. The Morgan fingerprint density at radius 3 is 0.879 bits per heavy atom. The minimum Gasteiger partial charge on any atom is -0.370 e. The summed E-state index contributed by atoms with van der Waals surface area (Å²) in [6, 6.07) is 0. The molecule has 0 bridgehead atoms. The third kappa shape index (κ3) is 9.80. The van der Waals surface area contributed by atoms with E-state index >= 15 is 0 Å². The lowest BCUT2D eigenvalue weighted by atomic mass is 9.85. The lowest BCUT2D eigenvalue weighted by molar-refractivity contribution is -0.0960. The van der Waals surface area contributed by atoms with Crippen LogP contribution in [0, 0.1) is 11.8 Å². The van der Waals surface area contributed by atoms with Crippen molar-refractivity contribution in [2.45, 2.75) is 166 Å². The van der Waals surface area contributed by atoms with Crippen molar-refractivity contribution in [2.75, 3.05) is 13.2 Å². The van der Waals surface area contributed by atoms with Gasteiger partial charge >= 0.3 is 0 Å². The summed E-state index contributed by atoms with van der Waals surface area (Å²) in [6.45, 7) is 1.84. The molecule has 2 saturated heterocycles. The maximum atomic E-state index is 7.18. The van der Waals surface area contributed by atoms with Crippen LogP contribution in [0.4, 0.5) is 0 Å². The van der Waals surface area contributed by atoms with E-state index in [4.69, 9.17) is 14.2 Å². The zero-order valence-corrected chi connectivity index (χ0v) is 21.7. The first-order valence-corrected chi connectivity index (χ1v) is 15.3. The minimum atomic E-state index is 0.309. The van der Waals surface area contributed by atoms with Crippen LogP contribution in [0.1, 0.15) is 141 Å². The number of hydrogen-bond acceptors (Lipinski definition) is 3. The molecule has 33 heavy (non-hydrogen) atoms. The molecule has 4 atom stereocenters. The summed E-state index contributed by atoms with van der Waals surface area (Å²) in [5.41, 5.74) is 0. The van der Waals surface area contributed by atoms with Crippen LogP contribution in [0.25, 0.3) is 0 Å². The van der Waals surface area contributed by atoms with Crippen LogP contribution in [0.5, 0.6) is 0 Å². The molecule has 0 aromatic rings. The van der Waals surface area contributed by atoms with Gasteiger partial charge in [0.25, 0.3) is 0 Å². The highest BCUT2D eigenvalue weighted by molar-refractivity contribution is 4.92. The lowest BCUT2D eigenvalue weighted by Crippen LogP contribution is -2.40. The smallest absolute Gasteiger partial charge is 0.107 e. The van der Waals surface area contributed by atoms with Crippen molar-refractivity contribution in [1.29, 1.82) is 0 Å². The Morgan fingerprint density at radius 2 is 0.636 bits per heavy atom. The van der Waals surface area contributed by atoms with E-state index in [0.717, 1.165) is 13.2 Å². The number of ether oxygens (including phenoxy) is 3. The Kier molecular flexibility index (Phi) is 11.9. The van der Waals surface area contributed by atoms with Gasteiger partial charge in [0, 0.05) is 0 Å². The second kappa shape index (κ2) is 15.1. The van der Waals surface area contributed by atoms with E-state index < -0.39 is 0 Å². The fourth-order valence-corrected chi connectivity index (χ4v) is 6.72. The highest BCUT2D eigenvalue weighted by Gasteiger charge is 2.45. The predicted octanol–water partition coefficient (Wildman–Crippen LogP) is 8.38. The Bertz CT molecular complexity index is 433. The van der Waals surface area contributed by atoms with E-state index in [1.54, 1.807) is 0 Å². The molecule has 0 aromatic carbocycles. The number of epoxide rings is 2. The van der Waals surface area contributed by atoms with E-state index in [1.807, 2.05) is 0 Å². The van der Waals surface area contributed by atoms with E-state index in [9.17, 15) is 0 Å². The van der Waals surface area contributed by atoms with E-state index in [0.29, 0.717) is 36.3 Å². The minimum absolute atomic E-state index is 0.309. The molecular weight excluding hydrogens is 408 g/mol. The van der Waals surface area contributed by atoms with Crippen molar-refractivity contribution < 1.29 is 14.2 Å². The van der Waals surface area contributed by atoms with Crippen LogP contribution in [0.3, 0.4) is 0 Å². The highest BCUT2D eigenvalue weighted by atomic mass is 16.6. The molecule has 3 heteroatoms. The van der Waals surface area contributed by atoms with Crippen LogP contribution >= 0.6 is 0 Å². The van der Waals surface area contributed by atoms with Crippen molar-refractivity contribution in [1.82, 2.24) is 0 Å². The highest BCUT2D eigenvalue weighted by Crippen LogP contribution is 2.38. The molecule has 2 aliphatic carbocycles. The maximum Gasteiger partial charge on any atom is 0.107 e. The summed E-state index contributed by atoms with van der Waals surface area (Å²) in [6.07, 6.45) is 32.3. The fourth-order valence-electron chi connectivity index (χ4n) is 6.72. The van der Waals surface area contributed by atoms with Gasteiger partial charge in [0.2, 0.25) is 0 Å². The molecule has 3 nitrogen and oxygen atoms in total. The van der Waals surface area contributed by atoms with E-state index in [1.165, 1.54) is 141 Å². The largest absolute Gasteiger partial charge is 0.370 e. The van der Waals surface area contributed by atoms with Crippen LogP contribution in [-0.4, -0.2) is 37.6 Å². The summed E-state index contributed by atoms with van der Waals surface area (Å²) in [5.74, 6) is 1.37. The van der Waals surface area contributed by atoms with E-state index in [-0.39, 0.29) is 0 Å². The summed E-state index contributed by atoms with van der Waals surface area (Å²) in [4.78, 5) is 0. The monoisotopic (exact) mass is 462 g/mol. The Hall–Kier alpha value is -0.120. The Labute approximate surface area is 205 Å². The van der Waals surface area contributed by atoms with Gasteiger partial charge in [-0.2, -0.15) is 0 Å². The van der Waals surface area contributed by atoms with Gasteiger partial charge in [0.15, 0.2) is 0 Å². The van der Waals surface area contributed by atoms with Crippen molar-refractivity contribution in [3.05, 3.63) is 0 Å². The van der Waals surface area contributed by atoms with Gasteiger partial charge in [0.05, 0.1) is 25.4 Å². The molecule has 4 fully saturated rings. The molecule has 2 heterocycles. The standard InChI is InChI=1S/C30H54O3/c1-3-7-11-15-19-25(20-16-12-8-4-1)29(27-23-31-27)33-30(28-24-32-28)26-21-17-13-9-5-2-6-10-14-18-22-26/h25-30H,1-24H2. The van der Waals surface area contributed by atoms with Gasteiger partial charge in [0.1, 0.15) is 12.2 Å². The topological polar surface area (TPSA) is 34.3 Å². The first kappa shape index (κ1) is 26.0. The zero-order valence-electron chi connectivity index (χ0n) is 21.7. The van der Waals surface area contributed by atoms with Gasteiger partial charge in [-0.05, 0) is 37.5 Å². The van der Waals surface area contributed by atoms with E-state index in [2.05, 4.69) is 0 Å². The first-order chi connectivity index (χ1) is 16.4. The fraction of sp³-hybridized carbons (Fsp3) is 1.00. The Balaban J connectivity index is 1.38. The van der Waals surface area contributed by atoms with Gasteiger partial charge in [-0.15, -0.1) is 0 Å². The molecule has 192 valence electrons. The van der Waals surface area contributed by atoms with Gasteiger partial charge in [-0.25, -0.2) is 0 Å². The molecule has 4 unspecified atom stereocenters. The third-order valence-electron chi connectivity index (χ3n) is 8.99. The SMILES string of the molecule is C1CCCCCC(C(OC(C2CCCCCCCCCCC2)C2CO2)C2CO2)CCCCC1. The third-order valence-corrected chi connectivity index (χ3v) is 8.99. The molecule has 0 aromatic heterocycles. The van der Waals surface area contributed by atoms with Crippen molar-refractivity contribution in [2.24, 2.45) is 11.8 Å². The molecule has 4 aliphatic rings. The molecule has 0 radical (unpaired) electrons. The second-order valence-corrected chi connectivity index (χ2v) is 11.8. The summed E-state index contributed by atoms with van der Waals surface area (Å²) < 4.78 is 19.0. The lowest BCUT2D eigenvalue weighted by Gasteiger charge is -2.34. The number of rotatable bonds is 6. The summed E-state index contributed by atoms with van der Waals surface area (Å²) in [5, 5.41) is 0. The predicted molar refractivity (Wildman–Crippen MR) is 137 cm³/mol. The van der Waals surface area contributed by atoms with Crippen LogP contribution in [0.15, 0.2) is 0 Å². The summed E-state index contributed by atoms with van der Waals surface area (Å²) in [7, 11) is 0. The van der Waals surface area contributed by atoms with Crippen LogP contribution in [0.2, 0.25) is 0 Å². The maximum absolute atomic E-state index is 7.18. The molecule has 2 saturated carbocycles. The van der Waals surface area contributed by atoms with Crippen LogP contribution in [-0.2, 0) is 14.2 Å².